The van der Waals surface area contributed by atoms with E-state index in [0.29, 0.717) is 5.02 Å². The van der Waals surface area contributed by atoms with Crippen molar-refractivity contribution in [1.29, 1.82) is 0 Å². The predicted molar refractivity (Wildman–Crippen MR) is 89.4 cm³/mol. The number of sulfonamides is 1. The highest BCUT2D eigenvalue weighted by molar-refractivity contribution is 7.89. The zero-order valence-electron chi connectivity index (χ0n) is 13.4. The van der Waals surface area contributed by atoms with Gasteiger partial charge in [0.05, 0.1) is 11.0 Å². The van der Waals surface area contributed by atoms with Crippen LogP contribution in [-0.4, -0.2) is 50.2 Å². The van der Waals surface area contributed by atoms with E-state index >= 15 is 0 Å². The summed E-state index contributed by atoms with van der Waals surface area (Å²) in [6, 6.07) is 3.86. The van der Waals surface area contributed by atoms with E-state index < -0.39 is 40.7 Å². The minimum absolute atomic E-state index is 0.113. The Kier molecular flexibility index (Phi) is 6.39. The number of halogens is 1. The fourth-order valence-electron chi connectivity index (χ4n) is 1.92. The maximum Gasteiger partial charge on any atom is 0.327 e. The summed E-state index contributed by atoms with van der Waals surface area (Å²) in [4.78, 5) is 23.4. The predicted octanol–water partition coefficient (Wildman–Crippen LogP) is 0.189. The first-order valence-electron chi connectivity index (χ1n) is 7.61. The van der Waals surface area contributed by atoms with Gasteiger partial charge in [-0.15, -0.1) is 0 Å². The fraction of sp³-hybridized carbons (Fsp3) is 0.467. The molecule has 0 aliphatic heterocycles. The number of nitrogens with one attached hydrogen (secondary N) is 2. The quantitative estimate of drug-likeness (QED) is 0.545. The number of aliphatic hydroxyl groups is 1. The number of benzene rings is 1. The Labute approximate surface area is 150 Å². The van der Waals surface area contributed by atoms with Gasteiger partial charge in [0.15, 0.2) is 6.61 Å². The zero-order chi connectivity index (χ0) is 18.6. The van der Waals surface area contributed by atoms with Crippen molar-refractivity contribution in [3.8, 4) is 0 Å². The van der Waals surface area contributed by atoms with E-state index in [9.17, 15) is 23.1 Å². The third-order valence-corrected chi connectivity index (χ3v) is 5.14. The normalized spacial score (nSPS) is 16.8. The molecule has 1 saturated carbocycles. The number of rotatable bonds is 8. The summed E-state index contributed by atoms with van der Waals surface area (Å²) >= 11 is 5.71. The van der Waals surface area contributed by atoms with Gasteiger partial charge in [0.2, 0.25) is 10.0 Å². The third-order valence-electron chi connectivity index (χ3n) is 3.43. The van der Waals surface area contributed by atoms with Gasteiger partial charge < -0.3 is 15.2 Å². The molecule has 0 heterocycles. The molecule has 1 aliphatic carbocycles. The van der Waals surface area contributed by atoms with Crippen LogP contribution in [-0.2, 0) is 24.3 Å². The molecule has 2 atom stereocenters. The van der Waals surface area contributed by atoms with Crippen LogP contribution >= 0.6 is 11.6 Å². The van der Waals surface area contributed by atoms with Crippen molar-refractivity contribution in [3.05, 3.63) is 29.3 Å². The van der Waals surface area contributed by atoms with Gasteiger partial charge in [0.25, 0.3) is 5.91 Å². The summed E-state index contributed by atoms with van der Waals surface area (Å²) in [5, 5.41) is 12.7. The molecule has 3 N–H and O–H groups in total. The van der Waals surface area contributed by atoms with Gasteiger partial charge in [-0.2, -0.15) is 4.72 Å². The Morgan fingerprint density at radius 2 is 1.92 bits per heavy atom. The number of hydrogen-bond donors (Lipinski definition) is 3. The smallest absolute Gasteiger partial charge is 0.327 e. The molecule has 0 bridgehead atoms. The Morgan fingerprint density at radius 1 is 1.32 bits per heavy atom. The molecule has 1 aliphatic rings. The van der Waals surface area contributed by atoms with Gasteiger partial charge in [-0.1, -0.05) is 11.6 Å². The first kappa shape index (κ1) is 19.6. The lowest BCUT2D eigenvalue weighted by atomic mass is 10.2. The number of aliphatic hydroxyl groups excluding tert-OH is 1. The summed E-state index contributed by atoms with van der Waals surface area (Å²) in [6.45, 7) is 0.696. The average Bonchev–Trinajstić information content (AvgIpc) is 3.34. The molecule has 0 radical (unpaired) electrons. The Morgan fingerprint density at radius 3 is 2.44 bits per heavy atom. The van der Waals surface area contributed by atoms with Crippen LogP contribution in [0.5, 0.6) is 0 Å². The van der Waals surface area contributed by atoms with Gasteiger partial charge in [-0.05, 0) is 44.0 Å². The van der Waals surface area contributed by atoms with Crippen molar-refractivity contribution in [2.24, 2.45) is 0 Å². The number of esters is 1. The molecule has 0 unspecified atom stereocenters. The number of hydrogen-bond acceptors (Lipinski definition) is 6. The minimum Gasteiger partial charge on any atom is -0.454 e. The van der Waals surface area contributed by atoms with E-state index in [-0.39, 0.29) is 10.9 Å². The van der Waals surface area contributed by atoms with Gasteiger partial charge in [-0.3, -0.25) is 9.59 Å². The molecule has 1 fully saturated rings. The lowest BCUT2D eigenvalue weighted by Gasteiger charge is -2.20. The third kappa shape index (κ3) is 5.96. The van der Waals surface area contributed by atoms with Crippen molar-refractivity contribution in [2.75, 3.05) is 6.61 Å². The molecule has 0 spiro atoms. The van der Waals surface area contributed by atoms with E-state index in [2.05, 4.69) is 10.0 Å². The molecule has 138 valence electrons. The highest BCUT2D eigenvalue weighted by Gasteiger charge is 2.31. The van der Waals surface area contributed by atoms with Crippen LogP contribution < -0.4 is 10.0 Å². The van der Waals surface area contributed by atoms with Gasteiger partial charge in [0, 0.05) is 11.1 Å². The maximum absolute atomic E-state index is 12.3. The molecule has 1 aromatic rings. The van der Waals surface area contributed by atoms with Gasteiger partial charge in [-0.25, -0.2) is 8.42 Å². The second kappa shape index (κ2) is 8.13. The molecule has 8 nitrogen and oxygen atoms in total. The molecule has 2 rings (SSSR count). The molecule has 0 aromatic heterocycles. The molecule has 1 aromatic carbocycles. The van der Waals surface area contributed by atoms with Crippen LogP contribution in [0.1, 0.15) is 19.8 Å². The van der Waals surface area contributed by atoms with Crippen molar-refractivity contribution in [2.45, 2.75) is 42.8 Å². The van der Waals surface area contributed by atoms with E-state index in [1.54, 1.807) is 0 Å². The van der Waals surface area contributed by atoms with Crippen molar-refractivity contribution in [3.63, 3.8) is 0 Å². The fourth-order valence-corrected chi connectivity index (χ4v) is 3.30. The lowest BCUT2D eigenvalue weighted by molar-refractivity contribution is -0.152. The van der Waals surface area contributed by atoms with E-state index in [0.717, 1.165) is 12.8 Å². The topological polar surface area (TPSA) is 122 Å². The summed E-state index contributed by atoms with van der Waals surface area (Å²) < 4.78 is 31.5. The standard InChI is InChI=1S/C15H19ClN2O6S/c1-9(19)14(15(21)24-8-13(20)17-11-4-5-11)18-25(22,23)12-6-2-10(16)3-7-12/h2-3,6-7,9,11,14,18-19H,4-5,8H2,1H3,(H,17,20)/t9-,14-/m1/s1. The molecule has 0 saturated heterocycles. The lowest BCUT2D eigenvalue weighted by Crippen LogP contribution is -2.49. The molecule has 10 heteroatoms. The summed E-state index contributed by atoms with van der Waals surface area (Å²) in [6.07, 6.45) is 0.411. The van der Waals surface area contributed by atoms with Crippen LogP contribution in [0, 0.1) is 0 Å². The second-order valence-electron chi connectivity index (χ2n) is 5.74. The van der Waals surface area contributed by atoms with E-state index in [1.165, 1.54) is 31.2 Å². The van der Waals surface area contributed by atoms with Crippen molar-refractivity contribution >= 4 is 33.5 Å². The molecule has 1 amide bonds. The number of ether oxygens (including phenoxy) is 1. The van der Waals surface area contributed by atoms with E-state index in [1.807, 2.05) is 0 Å². The molecular weight excluding hydrogens is 372 g/mol. The van der Waals surface area contributed by atoms with Crippen molar-refractivity contribution in [1.82, 2.24) is 10.0 Å². The number of carbonyl (C=O) groups excluding carboxylic acids is 2. The van der Waals surface area contributed by atoms with Gasteiger partial charge >= 0.3 is 5.97 Å². The van der Waals surface area contributed by atoms with Crippen molar-refractivity contribution < 1.29 is 27.9 Å². The average molecular weight is 391 g/mol. The second-order valence-corrected chi connectivity index (χ2v) is 7.89. The largest absolute Gasteiger partial charge is 0.454 e. The first-order chi connectivity index (χ1) is 11.7. The van der Waals surface area contributed by atoms with Crippen LogP contribution in [0.3, 0.4) is 0 Å². The number of amides is 1. The van der Waals surface area contributed by atoms with Crippen LogP contribution in [0.4, 0.5) is 0 Å². The SMILES string of the molecule is C[C@@H](O)[C@@H](NS(=O)(=O)c1ccc(Cl)cc1)C(=O)OCC(=O)NC1CC1. The molecular formula is C15H19ClN2O6S. The Hall–Kier alpha value is -1.68. The van der Waals surface area contributed by atoms with Crippen LogP contribution in [0.25, 0.3) is 0 Å². The monoisotopic (exact) mass is 390 g/mol. The van der Waals surface area contributed by atoms with Crippen LogP contribution in [0.15, 0.2) is 29.2 Å². The van der Waals surface area contributed by atoms with Crippen LogP contribution in [0.2, 0.25) is 5.02 Å². The first-order valence-corrected chi connectivity index (χ1v) is 9.47. The highest BCUT2D eigenvalue weighted by atomic mass is 35.5. The summed E-state index contributed by atoms with van der Waals surface area (Å²) in [7, 11) is -4.08. The summed E-state index contributed by atoms with van der Waals surface area (Å²) in [5.74, 6) is -1.51. The zero-order valence-corrected chi connectivity index (χ0v) is 15.0. The Balaban J connectivity index is 1.99. The summed E-state index contributed by atoms with van der Waals surface area (Å²) in [5.41, 5.74) is 0. The number of carbonyl (C=O) groups is 2. The maximum atomic E-state index is 12.3. The molecule has 25 heavy (non-hydrogen) atoms. The Bertz CT molecular complexity index is 731. The van der Waals surface area contributed by atoms with E-state index in [4.69, 9.17) is 16.3 Å². The highest BCUT2D eigenvalue weighted by Crippen LogP contribution is 2.18. The minimum atomic E-state index is -4.08. The van der Waals surface area contributed by atoms with Gasteiger partial charge in [0.1, 0.15) is 6.04 Å².